The summed E-state index contributed by atoms with van der Waals surface area (Å²) in [5.74, 6) is 0.184. The third-order valence-electron chi connectivity index (χ3n) is 5.48. The molecule has 0 radical (unpaired) electrons. The molecule has 29 heavy (non-hydrogen) atoms. The number of nitrogens with zero attached hydrogens (tertiary/aromatic N) is 1. The molecule has 2 aromatic rings. The molecule has 1 atom stereocenters. The minimum absolute atomic E-state index is 0.0591. The van der Waals surface area contributed by atoms with E-state index in [1.54, 1.807) is 4.90 Å². The number of nitrogens with one attached hydrogen (secondary N) is 2. The van der Waals surface area contributed by atoms with E-state index in [9.17, 15) is 9.59 Å². The average Bonchev–Trinajstić information content (AvgIpc) is 2.75. The summed E-state index contributed by atoms with van der Waals surface area (Å²) in [6.07, 6.45) is 3.33. The molecule has 3 rings (SSSR count). The summed E-state index contributed by atoms with van der Waals surface area (Å²) in [5, 5.41) is 6.34. The Balaban J connectivity index is 1.51. The number of benzene rings is 2. The Morgan fingerprint density at radius 3 is 2.28 bits per heavy atom. The molecule has 1 heterocycles. The Morgan fingerprint density at radius 2 is 1.72 bits per heavy atom. The summed E-state index contributed by atoms with van der Waals surface area (Å²) in [4.78, 5) is 26.3. The number of hydrogen-bond acceptors (Lipinski definition) is 3. The smallest absolute Gasteiger partial charge is 0.239 e. The number of rotatable bonds is 9. The van der Waals surface area contributed by atoms with Gasteiger partial charge in [-0.15, -0.1) is 0 Å². The Morgan fingerprint density at radius 1 is 1.10 bits per heavy atom. The Bertz CT molecular complexity index is 740. The van der Waals surface area contributed by atoms with Crippen LogP contribution in [0.4, 0.5) is 0 Å². The minimum atomic E-state index is -0.103. The van der Waals surface area contributed by atoms with Crippen molar-refractivity contribution in [3.8, 4) is 0 Å². The van der Waals surface area contributed by atoms with E-state index in [0.29, 0.717) is 19.6 Å². The zero-order valence-corrected chi connectivity index (χ0v) is 17.1. The Hall–Kier alpha value is -2.66. The number of amides is 2. The first-order valence-corrected chi connectivity index (χ1v) is 10.5. The van der Waals surface area contributed by atoms with Crippen LogP contribution in [0.15, 0.2) is 60.7 Å². The maximum atomic E-state index is 12.4. The van der Waals surface area contributed by atoms with Gasteiger partial charge in [0.15, 0.2) is 0 Å². The van der Waals surface area contributed by atoms with Crippen LogP contribution in [0.3, 0.4) is 0 Å². The molecule has 0 saturated carbocycles. The fourth-order valence-corrected chi connectivity index (χ4v) is 3.92. The second-order valence-corrected chi connectivity index (χ2v) is 7.66. The molecule has 0 bridgehead atoms. The number of carbonyl (C=O) groups is 2. The summed E-state index contributed by atoms with van der Waals surface area (Å²) in [6, 6.07) is 21.0. The van der Waals surface area contributed by atoms with Crippen molar-refractivity contribution in [3.63, 3.8) is 0 Å². The van der Waals surface area contributed by atoms with E-state index in [2.05, 4.69) is 41.8 Å². The second kappa shape index (κ2) is 10.8. The van der Waals surface area contributed by atoms with Crippen molar-refractivity contribution in [2.45, 2.75) is 44.6 Å². The van der Waals surface area contributed by atoms with E-state index in [-0.39, 0.29) is 30.3 Å². The first kappa shape index (κ1) is 21.1. The quantitative estimate of drug-likeness (QED) is 0.687. The van der Waals surface area contributed by atoms with Gasteiger partial charge in [0, 0.05) is 24.9 Å². The molecular weight excluding hydrogens is 362 g/mol. The van der Waals surface area contributed by atoms with Gasteiger partial charge in [-0.05, 0) is 24.0 Å². The predicted octanol–water partition coefficient (Wildman–Crippen LogP) is 3.27. The molecule has 1 aliphatic heterocycles. The molecule has 5 heteroatoms. The van der Waals surface area contributed by atoms with Crippen LogP contribution < -0.4 is 10.6 Å². The molecule has 2 amide bonds. The Labute approximate surface area is 173 Å². The van der Waals surface area contributed by atoms with Crippen LogP contribution in [0.5, 0.6) is 0 Å². The zero-order chi connectivity index (χ0) is 20.5. The highest BCUT2D eigenvalue weighted by Crippen LogP contribution is 2.27. The molecule has 1 aliphatic rings. The predicted molar refractivity (Wildman–Crippen MR) is 115 cm³/mol. The summed E-state index contributed by atoms with van der Waals surface area (Å²) in [6.45, 7) is 3.25. The lowest BCUT2D eigenvalue weighted by Crippen LogP contribution is -2.53. The fraction of sp³-hybridized carbons (Fsp3) is 0.417. The molecule has 154 valence electrons. The molecule has 0 aliphatic carbocycles. The molecule has 1 unspecified atom stereocenters. The molecule has 2 aromatic carbocycles. The van der Waals surface area contributed by atoms with E-state index in [1.165, 1.54) is 11.1 Å². The monoisotopic (exact) mass is 393 g/mol. The van der Waals surface area contributed by atoms with Crippen molar-refractivity contribution in [1.82, 2.24) is 15.5 Å². The highest BCUT2D eigenvalue weighted by atomic mass is 16.2. The van der Waals surface area contributed by atoms with Crippen molar-refractivity contribution in [1.29, 1.82) is 0 Å². The SMILES string of the molecule is CCCC1CC(=O)N(CC(=O)NCCC(c2ccccc2)c2ccccc2)CN1. The topological polar surface area (TPSA) is 61.4 Å². The van der Waals surface area contributed by atoms with Crippen LogP contribution >= 0.6 is 0 Å². The summed E-state index contributed by atoms with van der Waals surface area (Å²) < 4.78 is 0. The minimum Gasteiger partial charge on any atom is -0.355 e. The van der Waals surface area contributed by atoms with Crippen molar-refractivity contribution >= 4 is 11.8 Å². The first-order chi connectivity index (χ1) is 14.2. The van der Waals surface area contributed by atoms with Crippen molar-refractivity contribution in [2.24, 2.45) is 0 Å². The second-order valence-electron chi connectivity index (χ2n) is 7.66. The van der Waals surface area contributed by atoms with Gasteiger partial charge in [0.25, 0.3) is 0 Å². The summed E-state index contributed by atoms with van der Waals surface area (Å²) >= 11 is 0. The highest BCUT2D eigenvalue weighted by molar-refractivity contribution is 5.85. The van der Waals surface area contributed by atoms with Gasteiger partial charge < -0.3 is 10.2 Å². The van der Waals surface area contributed by atoms with Gasteiger partial charge in [0.2, 0.25) is 11.8 Å². The molecule has 0 aromatic heterocycles. The molecule has 0 spiro atoms. The van der Waals surface area contributed by atoms with Gasteiger partial charge in [-0.25, -0.2) is 0 Å². The van der Waals surface area contributed by atoms with Gasteiger partial charge >= 0.3 is 0 Å². The standard InChI is InChI=1S/C24H31N3O2/c1-2-9-21-16-24(29)27(18-26-21)17-23(28)25-15-14-22(19-10-5-3-6-11-19)20-12-7-4-8-13-20/h3-8,10-13,21-22,26H,2,9,14-18H2,1H3,(H,25,28). The molecular formula is C24H31N3O2. The van der Waals surface area contributed by atoms with E-state index in [1.807, 2.05) is 36.4 Å². The van der Waals surface area contributed by atoms with Crippen molar-refractivity contribution in [3.05, 3.63) is 71.8 Å². The first-order valence-electron chi connectivity index (χ1n) is 10.5. The van der Waals surface area contributed by atoms with Crippen molar-refractivity contribution in [2.75, 3.05) is 19.8 Å². The summed E-state index contributed by atoms with van der Waals surface area (Å²) in [5.41, 5.74) is 2.48. The maximum Gasteiger partial charge on any atom is 0.239 e. The van der Waals surface area contributed by atoms with Gasteiger partial charge in [0.05, 0.1) is 6.67 Å². The van der Waals surface area contributed by atoms with Crippen LogP contribution in [0.25, 0.3) is 0 Å². The van der Waals surface area contributed by atoms with Gasteiger partial charge in [0.1, 0.15) is 6.54 Å². The largest absolute Gasteiger partial charge is 0.355 e. The van der Waals surface area contributed by atoms with Crippen LogP contribution in [-0.4, -0.2) is 42.5 Å². The van der Waals surface area contributed by atoms with Crippen LogP contribution in [0, 0.1) is 0 Å². The lowest BCUT2D eigenvalue weighted by molar-refractivity contribution is -0.139. The lowest BCUT2D eigenvalue weighted by Gasteiger charge is -2.32. The average molecular weight is 394 g/mol. The highest BCUT2D eigenvalue weighted by Gasteiger charge is 2.26. The van der Waals surface area contributed by atoms with Crippen LogP contribution in [-0.2, 0) is 9.59 Å². The molecule has 1 fully saturated rings. The van der Waals surface area contributed by atoms with E-state index < -0.39 is 0 Å². The normalized spacial score (nSPS) is 16.8. The van der Waals surface area contributed by atoms with Gasteiger partial charge in [-0.2, -0.15) is 0 Å². The number of hydrogen-bond donors (Lipinski definition) is 2. The third kappa shape index (κ3) is 6.16. The van der Waals surface area contributed by atoms with Gasteiger partial charge in [-0.1, -0.05) is 74.0 Å². The summed E-state index contributed by atoms with van der Waals surface area (Å²) in [7, 11) is 0. The molecule has 1 saturated heterocycles. The van der Waals surface area contributed by atoms with Crippen LogP contribution in [0.2, 0.25) is 0 Å². The fourth-order valence-electron chi connectivity index (χ4n) is 3.92. The third-order valence-corrected chi connectivity index (χ3v) is 5.48. The molecule has 5 nitrogen and oxygen atoms in total. The van der Waals surface area contributed by atoms with E-state index in [0.717, 1.165) is 19.3 Å². The van der Waals surface area contributed by atoms with Crippen LogP contribution in [0.1, 0.15) is 49.7 Å². The van der Waals surface area contributed by atoms with Gasteiger partial charge in [-0.3, -0.25) is 14.9 Å². The lowest BCUT2D eigenvalue weighted by atomic mass is 9.88. The number of carbonyl (C=O) groups excluding carboxylic acids is 2. The Kier molecular flexibility index (Phi) is 7.82. The molecule has 2 N–H and O–H groups in total. The van der Waals surface area contributed by atoms with E-state index >= 15 is 0 Å². The van der Waals surface area contributed by atoms with Crippen molar-refractivity contribution < 1.29 is 9.59 Å². The zero-order valence-electron chi connectivity index (χ0n) is 17.1. The van der Waals surface area contributed by atoms with E-state index in [4.69, 9.17) is 0 Å². The maximum absolute atomic E-state index is 12.4.